The van der Waals surface area contributed by atoms with Crippen LogP contribution in [-0.2, 0) is 21.0 Å². The van der Waals surface area contributed by atoms with Gasteiger partial charge in [-0.05, 0) is 17.5 Å². The van der Waals surface area contributed by atoms with E-state index in [1.165, 1.54) is 24.0 Å². The zero-order chi connectivity index (χ0) is 15.3. The van der Waals surface area contributed by atoms with Crippen LogP contribution >= 0.6 is 24.4 Å². The third-order valence-corrected chi connectivity index (χ3v) is 4.55. The van der Waals surface area contributed by atoms with E-state index in [2.05, 4.69) is 43.8 Å². The topological polar surface area (TPSA) is 26.3 Å². The maximum atomic E-state index is 11.5. The third kappa shape index (κ3) is 9.10. The lowest BCUT2D eigenvalue weighted by molar-refractivity contribution is -0.143. The van der Waals surface area contributed by atoms with E-state index in [1.807, 2.05) is 0 Å². The first-order valence-corrected chi connectivity index (χ1v) is 9.47. The minimum atomic E-state index is -0.0666. The molecule has 0 saturated carbocycles. The Morgan fingerprint density at radius 1 is 1.24 bits per heavy atom. The summed E-state index contributed by atoms with van der Waals surface area (Å²) in [5.74, 6) is 2.45. The summed E-state index contributed by atoms with van der Waals surface area (Å²) < 4.78 is 5.22. The zero-order valence-electron chi connectivity index (χ0n) is 12.8. The number of ether oxygens (including phenoxy) is 1. The summed E-state index contributed by atoms with van der Waals surface area (Å²) in [5.41, 5.74) is 2.53. The molecule has 1 aromatic rings. The molecule has 21 heavy (non-hydrogen) atoms. The molecule has 0 heterocycles. The van der Waals surface area contributed by atoms with Gasteiger partial charge in [0.2, 0.25) is 0 Å². The lowest BCUT2D eigenvalue weighted by Crippen LogP contribution is -2.06. The molecule has 0 aliphatic heterocycles. The van der Waals surface area contributed by atoms with Gasteiger partial charge in [-0.2, -0.15) is 24.4 Å². The van der Waals surface area contributed by atoms with Crippen LogP contribution in [0.25, 0.3) is 0 Å². The van der Waals surface area contributed by atoms with Crippen molar-refractivity contribution in [1.29, 1.82) is 0 Å². The van der Waals surface area contributed by atoms with E-state index in [4.69, 9.17) is 4.74 Å². The second-order valence-corrected chi connectivity index (χ2v) is 6.48. The zero-order valence-corrected chi connectivity index (χ0v) is 14.6. The Balaban J connectivity index is 2.06. The van der Waals surface area contributed by atoms with Gasteiger partial charge in [0.25, 0.3) is 0 Å². The van der Waals surface area contributed by atoms with Crippen LogP contribution in [0.3, 0.4) is 0 Å². The molecule has 0 radical (unpaired) electrons. The Kier molecular flexibility index (Phi) is 10.5. The molecule has 0 aliphatic carbocycles. The summed E-state index contributed by atoms with van der Waals surface area (Å²) >= 11 is 6.05. The van der Waals surface area contributed by atoms with Gasteiger partial charge in [0.05, 0.1) is 13.0 Å². The van der Waals surface area contributed by atoms with Crippen molar-refractivity contribution in [1.82, 2.24) is 0 Å². The van der Waals surface area contributed by atoms with Gasteiger partial charge < -0.3 is 4.74 Å². The van der Waals surface area contributed by atoms with Crippen molar-refractivity contribution in [3.8, 4) is 0 Å². The fourth-order valence-corrected chi connectivity index (χ4v) is 3.02. The number of esters is 1. The smallest absolute Gasteiger partial charge is 0.306 e. The van der Waals surface area contributed by atoms with Crippen molar-refractivity contribution in [2.45, 2.75) is 50.5 Å². The van der Waals surface area contributed by atoms with E-state index in [0.717, 1.165) is 30.1 Å². The molecule has 0 aromatic heterocycles. The molecule has 118 valence electrons. The van der Waals surface area contributed by atoms with E-state index >= 15 is 0 Å². The number of carbonyl (C=O) groups excluding carboxylic acids is 1. The molecule has 0 N–H and O–H groups in total. The predicted octanol–water partition coefficient (Wildman–Crippen LogP) is 4.86. The monoisotopic (exact) mass is 326 g/mol. The number of rotatable bonds is 11. The van der Waals surface area contributed by atoms with Crippen LogP contribution < -0.4 is 0 Å². The molecule has 1 rings (SSSR count). The van der Waals surface area contributed by atoms with Gasteiger partial charge in [-0.25, -0.2) is 0 Å². The molecule has 0 amide bonds. The highest BCUT2D eigenvalue weighted by Crippen LogP contribution is 2.15. The summed E-state index contributed by atoms with van der Waals surface area (Å²) in [4.78, 5) is 11.5. The van der Waals surface area contributed by atoms with Crippen LogP contribution in [0.15, 0.2) is 24.3 Å². The first kappa shape index (κ1) is 18.4. The van der Waals surface area contributed by atoms with Crippen molar-refractivity contribution in [2.75, 3.05) is 12.4 Å². The minimum absolute atomic E-state index is 0.0666. The van der Waals surface area contributed by atoms with Crippen LogP contribution in [-0.4, -0.2) is 18.3 Å². The minimum Gasteiger partial charge on any atom is -0.466 e. The van der Waals surface area contributed by atoms with Gasteiger partial charge in [0.1, 0.15) is 0 Å². The number of thiol groups is 1. The van der Waals surface area contributed by atoms with E-state index < -0.39 is 0 Å². The van der Waals surface area contributed by atoms with E-state index in [9.17, 15) is 4.79 Å². The summed E-state index contributed by atoms with van der Waals surface area (Å²) in [7, 11) is 0. The van der Waals surface area contributed by atoms with Gasteiger partial charge in [-0.3, -0.25) is 4.79 Å². The molecular weight excluding hydrogens is 300 g/mol. The quantitative estimate of drug-likeness (QED) is 0.357. The number of unbranched alkanes of at least 4 members (excludes halogenated alkanes) is 3. The third-order valence-electron chi connectivity index (χ3n) is 3.15. The molecule has 0 aliphatic rings. The predicted molar refractivity (Wildman–Crippen MR) is 95.0 cm³/mol. The molecule has 0 fully saturated rings. The fraction of sp³-hybridized carbons (Fsp3) is 0.588. The van der Waals surface area contributed by atoms with E-state index in [-0.39, 0.29) is 5.97 Å². The molecule has 0 bridgehead atoms. The summed E-state index contributed by atoms with van der Waals surface area (Å²) in [6.07, 6.45) is 5.08. The molecule has 1 aromatic carbocycles. The van der Waals surface area contributed by atoms with Gasteiger partial charge >= 0.3 is 5.97 Å². The lowest BCUT2D eigenvalue weighted by Gasteiger charge is -2.05. The first-order chi connectivity index (χ1) is 10.3. The van der Waals surface area contributed by atoms with Crippen LogP contribution in [0.5, 0.6) is 0 Å². The lowest BCUT2D eigenvalue weighted by atomic mass is 10.2. The molecule has 4 heteroatoms. The van der Waals surface area contributed by atoms with Crippen molar-refractivity contribution < 1.29 is 9.53 Å². The Morgan fingerprint density at radius 2 is 2.05 bits per heavy atom. The maximum absolute atomic E-state index is 11.5. The van der Waals surface area contributed by atoms with Crippen LogP contribution in [0.2, 0.25) is 0 Å². The van der Waals surface area contributed by atoms with Crippen LogP contribution in [0, 0.1) is 0 Å². The van der Waals surface area contributed by atoms with Gasteiger partial charge in [0, 0.05) is 17.3 Å². The second kappa shape index (κ2) is 12.0. The average molecular weight is 327 g/mol. The van der Waals surface area contributed by atoms with Gasteiger partial charge in [-0.15, -0.1) is 0 Å². The van der Waals surface area contributed by atoms with Gasteiger partial charge in [-0.1, -0.05) is 50.5 Å². The Bertz CT molecular complexity index is 408. The molecule has 0 saturated heterocycles. The van der Waals surface area contributed by atoms with Crippen molar-refractivity contribution >= 4 is 30.4 Å². The second-order valence-electron chi connectivity index (χ2n) is 5.06. The fourth-order valence-electron chi connectivity index (χ4n) is 1.95. The van der Waals surface area contributed by atoms with Gasteiger partial charge in [0.15, 0.2) is 0 Å². The average Bonchev–Trinajstić information content (AvgIpc) is 2.51. The standard InChI is InChI=1S/C17H26O2S2/c1-2-3-4-5-10-19-17(18)9-11-21-14-16-8-6-7-15(12-16)13-20/h6-8,12,20H,2-5,9-11,13-14H2,1H3. The van der Waals surface area contributed by atoms with Crippen molar-refractivity contribution in [3.63, 3.8) is 0 Å². The van der Waals surface area contributed by atoms with E-state index in [0.29, 0.717) is 13.0 Å². The van der Waals surface area contributed by atoms with Crippen LogP contribution in [0.1, 0.15) is 50.2 Å². The van der Waals surface area contributed by atoms with Crippen molar-refractivity contribution in [3.05, 3.63) is 35.4 Å². The number of hydrogen-bond acceptors (Lipinski definition) is 4. The highest BCUT2D eigenvalue weighted by Gasteiger charge is 2.03. The largest absolute Gasteiger partial charge is 0.466 e. The van der Waals surface area contributed by atoms with Crippen molar-refractivity contribution in [2.24, 2.45) is 0 Å². The number of hydrogen-bond donors (Lipinski definition) is 1. The van der Waals surface area contributed by atoms with Crippen LogP contribution in [0.4, 0.5) is 0 Å². The number of carbonyl (C=O) groups is 1. The normalized spacial score (nSPS) is 10.6. The SMILES string of the molecule is CCCCCCOC(=O)CCSCc1cccc(CS)c1. The summed E-state index contributed by atoms with van der Waals surface area (Å²) in [5, 5.41) is 0. The number of thioether (sulfide) groups is 1. The Labute approximate surface area is 138 Å². The molecule has 0 atom stereocenters. The molecule has 2 nitrogen and oxygen atoms in total. The highest BCUT2D eigenvalue weighted by molar-refractivity contribution is 7.98. The van der Waals surface area contributed by atoms with E-state index in [1.54, 1.807) is 11.8 Å². The maximum Gasteiger partial charge on any atom is 0.306 e. The Morgan fingerprint density at radius 3 is 2.81 bits per heavy atom. The number of benzene rings is 1. The molecule has 0 unspecified atom stereocenters. The Hall–Kier alpha value is -0.610. The first-order valence-electron chi connectivity index (χ1n) is 7.68. The highest BCUT2D eigenvalue weighted by atomic mass is 32.2. The summed E-state index contributed by atoms with van der Waals surface area (Å²) in [6.45, 7) is 2.75. The molecular formula is C17H26O2S2. The summed E-state index contributed by atoms with van der Waals surface area (Å²) in [6, 6.07) is 8.43. The molecule has 0 spiro atoms.